The molecular weight excluding hydrogens is 238 g/mol. The molecule has 1 unspecified atom stereocenters. The normalized spacial score (nSPS) is 20.1. The summed E-state index contributed by atoms with van der Waals surface area (Å²) in [6, 6.07) is 6.71. The topological polar surface area (TPSA) is 3.24 Å². The van der Waals surface area contributed by atoms with Gasteiger partial charge in [0.2, 0.25) is 0 Å². The van der Waals surface area contributed by atoms with Gasteiger partial charge in [-0.25, -0.2) is 0 Å². The molecule has 0 aromatic heterocycles. The van der Waals surface area contributed by atoms with Crippen LogP contribution in [0.15, 0.2) is 22.7 Å². The van der Waals surface area contributed by atoms with Crippen LogP contribution in [0.25, 0.3) is 0 Å². The molecule has 0 spiro atoms. The van der Waals surface area contributed by atoms with Crippen LogP contribution >= 0.6 is 15.9 Å². The minimum atomic E-state index is 0.744. The average Bonchev–Trinajstić information content (AvgIpc) is 2.47. The molecule has 1 aliphatic rings. The van der Waals surface area contributed by atoms with Crippen LogP contribution in [-0.4, -0.2) is 25.5 Å². The maximum absolute atomic E-state index is 3.53. The zero-order valence-corrected chi connectivity index (χ0v) is 10.3. The number of hydrogen-bond acceptors (Lipinski definition) is 1. The van der Waals surface area contributed by atoms with E-state index in [4.69, 9.17) is 0 Å². The van der Waals surface area contributed by atoms with Crippen LogP contribution in [0.4, 0.5) is 0 Å². The fraction of sp³-hybridized carbons (Fsp3) is 0.500. The molecule has 0 heterocycles. The maximum Gasteiger partial charge on any atom is 0.0178 e. The SMILES string of the molecule is CN(C)CC1CCc2cc(Br)ccc21. The molecule has 0 aliphatic heterocycles. The highest BCUT2D eigenvalue weighted by atomic mass is 79.9. The van der Waals surface area contributed by atoms with Crippen LogP contribution in [0.2, 0.25) is 0 Å². The van der Waals surface area contributed by atoms with E-state index in [-0.39, 0.29) is 0 Å². The number of rotatable bonds is 2. The molecule has 0 saturated carbocycles. The second kappa shape index (κ2) is 4.03. The maximum atomic E-state index is 3.53. The van der Waals surface area contributed by atoms with Gasteiger partial charge in [0.1, 0.15) is 0 Å². The number of fused-ring (bicyclic) bond motifs is 1. The first-order chi connectivity index (χ1) is 6.66. The first-order valence-corrected chi connectivity index (χ1v) is 5.89. The Bertz CT molecular complexity index is 333. The summed E-state index contributed by atoms with van der Waals surface area (Å²) in [7, 11) is 4.30. The minimum Gasteiger partial charge on any atom is -0.309 e. The van der Waals surface area contributed by atoms with E-state index in [1.165, 1.54) is 29.4 Å². The van der Waals surface area contributed by atoms with E-state index >= 15 is 0 Å². The quantitative estimate of drug-likeness (QED) is 0.784. The molecule has 0 fully saturated rings. The van der Waals surface area contributed by atoms with Gasteiger partial charge in [0.25, 0.3) is 0 Å². The lowest BCUT2D eigenvalue weighted by atomic mass is 10.0. The predicted molar refractivity (Wildman–Crippen MR) is 63.8 cm³/mol. The van der Waals surface area contributed by atoms with Gasteiger partial charge < -0.3 is 4.90 Å². The summed E-state index contributed by atoms with van der Waals surface area (Å²) in [5, 5.41) is 0. The Labute approximate surface area is 94.2 Å². The second-order valence-electron chi connectivity index (χ2n) is 4.34. The summed E-state index contributed by atoms with van der Waals surface area (Å²) in [5.74, 6) is 0.744. The van der Waals surface area contributed by atoms with Gasteiger partial charge in [0, 0.05) is 11.0 Å². The van der Waals surface area contributed by atoms with Gasteiger partial charge in [0.05, 0.1) is 0 Å². The number of hydrogen-bond donors (Lipinski definition) is 0. The smallest absolute Gasteiger partial charge is 0.0178 e. The highest BCUT2D eigenvalue weighted by Crippen LogP contribution is 2.34. The predicted octanol–water partition coefficient (Wildman–Crippen LogP) is 3.04. The molecule has 0 bridgehead atoms. The Morgan fingerprint density at radius 1 is 1.43 bits per heavy atom. The molecule has 14 heavy (non-hydrogen) atoms. The molecule has 0 saturated heterocycles. The zero-order chi connectivity index (χ0) is 10.1. The van der Waals surface area contributed by atoms with Crippen LogP contribution < -0.4 is 0 Å². The summed E-state index contributed by atoms with van der Waals surface area (Å²) in [6.45, 7) is 1.18. The number of nitrogens with zero attached hydrogens (tertiary/aromatic N) is 1. The largest absolute Gasteiger partial charge is 0.309 e. The fourth-order valence-electron chi connectivity index (χ4n) is 2.30. The highest BCUT2D eigenvalue weighted by Gasteiger charge is 2.22. The van der Waals surface area contributed by atoms with E-state index < -0.39 is 0 Å². The first kappa shape index (κ1) is 10.2. The third-order valence-corrected chi connectivity index (χ3v) is 3.39. The van der Waals surface area contributed by atoms with Gasteiger partial charge in [-0.2, -0.15) is 0 Å². The highest BCUT2D eigenvalue weighted by molar-refractivity contribution is 9.10. The fourth-order valence-corrected chi connectivity index (χ4v) is 2.71. The van der Waals surface area contributed by atoms with Crippen LogP contribution in [0.5, 0.6) is 0 Å². The van der Waals surface area contributed by atoms with Gasteiger partial charge in [0.15, 0.2) is 0 Å². The van der Waals surface area contributed by atoms with E-state index in [0.29, 0.717) is 0 Å². The van der Waals surface area contributed by atoms with E-state index in [1.807, 2.05) is 0 Å². The monoisotopic (exact) mass is 253 g/mol. The summed E-state index contributed by atoms with van der Waals surface area (Å²) in [4.78, 5) is 2.28. The van der Waals surface area contributed by atoms with Crippen molar-refractivity contribution in [1.29, 1.82) is 0 Å². The summed E-state index contributed by atoms with van der Waals surface area (Å²) in [5.41, 5.74) is 3.09. The Morgan fingerprint density at radius 3 is 2.93 bits per heavy atom. The van der Waals surface area contributed by atoms with E-state index in [1.54, 1.807) is 5.56 Å². The minimum absolute atomic E-state index is 0.744. The Balaban J connectivity index is 2.22. The van der Waals surface area contributed by atoms with Crippen molar-refractivity contribution >= 4 is 15.9 Å². The molecule has 2 heteroatoms. The van der Waals surface area contributed by atoms with Crippen LogP contribution in [0.3, 0.4) is 0 Å². The van der Waals surface area contributed by atoms with Gasteiger partial charge in [-0.3, -0.25) is 0 Å². The van der Waals surface area contributed by atoms with Gasteiger partial charge >= 0.3 is 0 Å². The second-order valence-corrected chi connectivity index (χ2v) is 5.26. The average molecular weight is 254 g/mol. The number of aryl methyl sites for hydroxylation is 1. The van der Waals surface area contributed by atoms with E-state index in [0.717, 1.165) is 5.92 Å². The molecule has 76 valence electrons. The van der Waals surface area contributed by atoms with E-state index in [9.17, 15) is 0 Å². The van der Waals surface area contributed by atoms with Crippen molar-refractivity contribution in [2.75, 3.05) is 20.6 Å². The number of likely N-dealkylation sites (N-methyl/N-ethyl adjacent to an activating group) is 1. The molecule has 1 atom stereocenters. The number of halogens is 1. The van der Waals surface area contributed by atoms with Crippen LogP contribution in [0.1, 0.15) is 23.5 Å². The molecular formula is C12H16BrN. The van der Waals surface area contributed by atoms with Crippen LogP contribution in [0, 0.1) is 0 Å². The van der Waals surface area contributed by atoms with E-state index in [2.05, 4.69) is 53.1 Å². The Morgan fingerprint density at radius 2 is 2.21 bits per heavy atom. The van der Waals surface area contributed by atoms with Crippen molar-refractivity contribution in [1.82, 2.24) is 4.90 Å². The van der Waals surface area contributed by atoms with Crippen LogP contribution in [-0.2, 0) is 6.42 Å². The van der Waals surface area contributed by atoms with Gasteiger partial charge in [-0.15, -0.1) is 0 Å². The molecule has 0 amide bonds. The van der Waals surface area contributed by atoms with Crippen molar-refractivity contribution < 1.29 is 0 Å². The Kier molecular flexibility index (Phi) is 2.93. The zero-order valence-electron chi connectivity index (χ0n) is 8.76. The van der Waals surface area contributed by atoms with Crippen molar-refractivity contribution in [2.45, 2.75) is 18.8 Å². The lowest BCUT2D eigenvalue weighted by molar-refractivity contribution is 0.372. The van der Waals surface area contributed by atoms with Crippen molar-refractivity contribution in [3.8, 4) is 0 Å². The lowest BCUT2D eigenvalue weighted by Crippen LogP contribution is -2.18. The molecule has 1 nitrogen and oxygen atoms in total. The van der Waals surface area contributed by atoms with Crippen molar-refractivity contribution in [2.24, 2.45) is 0 Å². The summed E-state index contributed by atoms with van der Waals surface area (Å²) in [6.07, 6.45) is 2.55. The molecule has 0 N–H and O–H groups in total. The summed E-state index contributed by atoms with van der Waals surface area (Å²) >= 11 is 3.53. The molecule has 1 aromatic rings. The third-order valence-electron chi connectivity index (χ3n) is 2.89. The molecule has 1 aromatic carbocycles. The van der Waals surface area contributed by atoms with Crippen molar-refractivity contribution in [3.63, 3.8) is 0 Å². The number of benzene rings is 1. The standard InChI is InChI=1S/C12H16BrN/c1-14(2)8-10-4-3-9-7-11(13)5-6-12(9)10/h5-7,10H,3-4,8H2,1-2H3. The Hall–Kier alpha value is -0.340. The first-order valence-electron chi connectivity index (χ1n) is 5.10. The van der Waals surface area contributed by atoms with Gasteiger partial charge in [-0.1, -0.05) is 22.0 Å². The third kappa shape index (κ3) is 2.01. The molecule has 1 aliphatic carbocycles. The lowest BCUT2D eigenvalue weighted by Gasteiger charge is -2.16. The van der Waals surface area contributed by atoms with Gasteiger partial charge in [-0.05, 0) is 56.1 Å². The molecule has 0 radical (unpaired) electrons. The summed E-state index contributed by atoms with van der Waals surface area (Å²) < 4.78 is 1.21. The van der Waals surface area contributed by atoms with Crippen molar-refractivity contribution in [3.05, 3.63) is 33.8 Å². The molecule has 2 rings (SSSR count).